The van der Waals surface area contributed by atoms with Crippen LogP contribution in [0, 0.1) is 11.8 Å². The van der Waals surface area contributed by atoms with Gasteiger partial charge >= 0.3 is 0 Å². The highest BCUT2D eigenvalue weighted by molar-refractivity contribution is 6.11. The smallest absolute Gasteiger partial charge is 0.169 e. The highest BCUT2D eigenvalue weighted by Crippen LogP contribution is 2.38. The third-order valence-corrected chi connectivity index (χ3v) is 6.43. The molecule has 25 heavy (non-hydrogen) atoms. The number of aryl methyl sites for hydroxylation is 1. The second kappa shape index (κ2) is 6.95. The summed E-state index contributed by atoms with van der Waals surface area (Å²) in [6, 6.07) is 8.47. The Kier molecular flexibility index (Phi) is 4.68. The number of carbonyl (C=O) groups excluding carboxylic acids is 1. The molecule has 1 aromatic carbocycles. The molecule has 3 nitrogen and oxygen atoms in total. The van der Waals surface area contributed by atoms with E-state index in [0.717, 1.165) is 31.5 Å². The minimum atomic E-state index is 0.173. The molecule has 2 atom stereocenters. The van der Waals surface area contributed by atoms with Gasteiger partial charge in [0, 0.05) is 41.2 Å². The summed E-state index contributed by atoms with van der Waals surface area (Å²) in [7, 11) is 0. The van der Waals surface area contributed by atoms with Crippen molar-refractivity contribution in [1.82, 2.24) is 9.47 Å². The van der Waals surface area contributed by atoms with Gasteiger partial charge in [-0.3, -0.25) is 4.79 Å². The van der Waals surface area contributed by atoms with Crippen molar-refractivity contribution in [2.45, 2.75) is 52.5 Å². The zero-order valence-electron chi connectivity index (χ0n) is 15.6. The van der Waals surface area contributed by atoms with Gasteiger partial charge in [-0.1, -0.05) is 38.0 Å². The number of hydrogen-bond donors (Lipinski definition) is 0. The Morgan fingerprint density at radius 3 is 2.56 bits per heavy atom. The van der Waals surface area contributed by atoms with E-state index in [0.29, 0.717) is 11.7 Å². The largest absolute Gasteiger partial charge is 0.344 e. The summed E-state index contributed by atoms with van der Waals surface area (Å²) in [6.45, 7) is 8.69. The predicted molar refractivity (Wildman–Crippen MR) is 103 cm³/mol. The molecule has 0 amide bonds. The topological polar surface area (TPSA) is 25.2 Å². The number of hydrogen-bond acceptors (Lipinski definition) is 2. The number of Topliss-reactive ketones (excluding diaryl/α,β-unsaturated/α-hetero) is 1. The molecule has 134 valence electrons. The van der Waals surface area contributed by atoms with E-state index >= 15 is 0 Å². The standard InChI is InChI=1S/C22H30N2O/c1-3-16-14-20-21(17-10-6-7-11-19(17)24(20)4-2)22(25)18(16)15-23-12-8-5-9-13-23/h6-7,10-11,16,18H,3-5,8-9,12-15H2,1-2H3. The average molecular weight is 338 g/mol. The molecule has 2 aromatic rings. The first-order valence-corrected chi connectivity index (χ1v) is 10.1. The lowest BCUT2D eigenvalue weighted by molar-refractivity contribution is 0.0766. The molecule has 0 saturated carbocycles. The number of likely N-dealkylation sites (tertiary alicyclic amines) is 1. The zero-order valence-corrected chi connectivity index (χ0v) is 15.6. The van der Waals surface area contributed by atoms with Gasteiger partial charge in [0.05, 0.1) is 0 Å². The van der Waals surface area contributed by atoms with Gasteiger partial charge in [-0.25, -0.2) is 0 Å². The van der Waals surface area contributed by atoms with Crippen molar-refractivity contribution >= 4 is 16.7 Å². The van der Waals surface area contributed by atoms with Crippen molar-refractivity contribution in [3.05, 3.63) is 35.5 Å². The van der Waals surface area contributed by atoms with Crippen LogP contribution < -0.4 is 0 Å². The number of ketones is 1. The van der Waals surface area contributed by atoms with Gasteiger partial charge in [0.2, 0.25) is 0 Å². The number of carbonyl (C=O) groups is 1. The third-order valence-electron chi connectivity index (χ3n) is 6.43. The average Bonchev–Trinajstić information content (AvgIpc) is 2.98. The molecule has 3 heteroatoms. The fourth-order valence-corrected chi connectivity index (χ4v) is 5.08. The van der Waals surface area contributed by atoms with E-state index in [9.17, 15) is 4.79 Å². The number of aromatic nitrogens is 1. The summed E-state index contributed by atoms with van der Waals surface area (Å²) in [5.41, 5.74) is 3.55. The molecule has 1 saturated heterocycles. The molecule has 0 N–H and O–H groups in total. The quantitative estimate of drug-likeness (QED) is 0.818. The first-order chi connectivity index (χ1) is 12.2. The number of benzene rings is 1. The Bertz CT molecular complexity index is 770. The van der Waals surface area contributed by atoms with Crippen LogP contribution in [0.4, 0.5) is 0 Å². The maximum atomic E-state index is 13.6. The van der Waals surface area contributed by atoms with E-state index in [-0.39, 0.29) is 5.92 Å². The van der Waals surface area contributed by atoms with Crippen molar-refractivity contribution in [3.8, 4) is 0 Å². The summed E-state index contributed by atoms with van der Waals surface area (Å²) in [4.78, 5) is 16.1. The van der Waals surface area contributed by atoms with Gasteiger partial charge in [-0.2, -0.15) is 0 Å². The van der Waals surface area contributed by atoms with E-state index in [2.05, 4.69) is 47.6 Å². The van der Waals surface area contributed by atoms with E-state index in [1.54, 1.807) is 0 Å². The number of nitrogens with zero attached hydrogens (tertiary/aromatic N) is 2. The second-order valence-corrected chi connectivity index (χ2v) is 7.79. The third kappa shape index (κ3) is 2.83. The fraction of sp³-hybridized carbons (Fsp3) is 0.591. The van der Waals surface area contributed by atoms with Crippen LogP contribution in [0.25, 0.3) is 10.9 Å². The Balaban J connectivity index is 1.74. The molecule has 0 spiro atoms. The second-order valence-electron chi connectivity index (χ2n) is 7.79. The monoisotopic (exact) mass is 338 g/mol. The molecule has 1 aliphatic carbocycles. The van der Waals surface area contributed by atoms with Crippen molar-refractivity contribution in [2.24, 2.45) is 11.8 Å². The van der Waals surface area contributed by atoms with Gasteiger partial charge < -0.3 is 9.47 Å². The molecule has 2 aliphatic rings. The molecule has 1 aliphatic heterocycles. The molecule has 1 fully saturated rings. The lowest BCUT2D eigenvalue weighted by Gasteiger charge is -2.36. The fourth-order valence-electron chi connectivity index (χ4n) is 5.08. The number of rotatable bonds is 4. The van der Waals surface area contributed by atoms with Crippen molar-refractivity contribution < 1.29 is 4.79 Å². The maximum absolute atomic E-state index is 13.6. The van der Waals surface area contributed by atoms with Gasteiger partial charge in [0.1, 0.15) is 0 Å². The normalized spacial score (nSPS) is 24.6. The molecule has 2 heterocycles. The van der Waals surface area contributed by atoms with Crippen molar-refractivity contribution in [3.63, 3.8) is 0 Å². The molecule has 0 radical (unpaired) electrons. The Morgan fingerprint density at radius 2 is 1.84 bits per heavy atom. The van der Waals surface area contributed by atoms with Crippen LogP contribution in [0.5, 0.6) is 0 Å². The number of piperidine rings is 1. The summed E-state index contributed by atoms with van der Waals surface area (Å²) < 4.78 is 2.38. The maximum Gasteiger partial charge on any atom is 0.169 e. The summed E-state index contributed by atoms with van der Waals surface area (Å²) in [6.07, 6.45) is 6.07. The van der Waals surface area contributed by atoms with Crippen LogP contribution in [0.15, 0.2) is 24.3 Å². The lowest BCUT2D eigenvalue weighted by atomic mass is 9.75. The molecule has 0 bridgehead atoms. The van der Waals surface area contributed by atoms with Crippen LogP contribution in [-0.2, 0) is 13.0 Å². The Morgan fingerprint density at radius 1 is 1.08 bits per heavy atom. The Hall–Kier alpha value is -1.61. The van der Waals surface area contributed by atoms with Gasteiger partial charge in [0.15, 0.2) is 5.78 Å². The van der Waals surface area contributed by atoms with Crippen molar-refractivity contribution in [2.75, 3.05) is 19.6 Å². The van der Waals surface area contributed by atoms with Crippen LogP contribution >= 0.6 is 0 Å². The van der Waals surface area contributed by atoms with Gasteiger partial charge in [-0.05, 0) is 51.3 Å². The summed E-state index contributed by atoms with van der Waals surface area (Å²) >= 11 is 0. The highest BCUT2D eigenvalue weighted by atomic mass is 16.1. The van der Waals surface area contributed by atoms with E-state index in [1.807, 2.05) is 0 Å². The molecular weight excluding hydrogens is 308 g/mol. The van der Waals surface area contributed by atoms with Crippen LogP contribution in [0.1, 0.15) is 55.6 Å². The Labute approximate surface area is 151 Å². The van der Waals surface area contributed by atoms with E-state index < -0.39 is 0 Å². The minimum absolute atomic E-state index is 0.173. The van der Waals surface area contributed by atoms with Gasteiger partial charge in [0.25, 0.3) is 0 Å². The van der Waals surface area contributed by atoms with Gasteiger partial charge in [-0.15, -0.1) is 0 Å². The number of fused-ring (bicyclic) bond motifs is 3. The first kappa shape index (κ1) is 16.8. The minimum Gasteiger partial charge on any atom is -0.344 e. The summed E-state index contributed by atoms with van der Waals surface area (Å²) in [5, 5.41) is 1.17. The van der Waals surface area contributed by atoms with Crippen LogP contribution in [0.2, 0.25) is 0 Å². The highest BCUT2D eigenvalue weighted by Gasteiger charge is 2.38. The molecule has 4 rings (SSSR count). The van der Waals surface area contributed by atoms with E-state index in [1.165, 1.54) is 48.9 Å². The predicted octanol–water partition coefficient (Wildman–Crippen LogP) is 4.53. The lowest BCUT2D eigenvalue weighted by Crippen LogP contribution is -2.42. The molecule has 1 aromatic heterocycles. The number of para-hydroxylation sites is 1. The molecule has 2 unspecified atom stereocenters. The molecular formula is C22H30N2O. The first-order valence-electron chi connectivity index (χ1n) is 10.1. The van der Waals surface area contributed by atoms with E-state index in [4.69, 9.17) is 0 Å². The van der Waals surface area contributed by atoms with Crippen molar-refractivity contribution in [1.29, 1.82) is 0 Å². The zero-order chi connectivity index (χ0) is 17.4. The SMILES string of the molecule is CCC1Cc2c(c3ccccc3n2CC)C(=O)C1CN1CCCCC1. The van der Waals surface area contributed by atoms with Crippen LogP contribution in [0.3, 0.4) is 0 Å². The summed E-state index contributed by atoms with van der Waals surface area (Å²) in [5.74, 6) is 1.06. The van der Waals surface area contributed by atoms with Crippen LogP contribution in [-0.4, -0.2) is 34.9 Å².